The minimum Gasteiger partial charge on any atom is -0.495 e. The number of carbonyl (C=O) groups is 2. The van der Waals surface area contributed by atoms with Gasteiger partial charge in [-0.05, 0) is 58.8 Å². The Kier molecular flexibility index (Phi) is 7.80. The van der Waals surface area contributed by atoms with Crippen molar-refractivity contribution in [3.05, 3.63) is 52.0 Å². The maximum atomic E-state index is 12.6. The Balaban J connectivity index is 2.38. The van der Waals surface area contributed by atoms with E-state index >= 15 is 0 Å². The number of para-hydroxylation sites is 2. The van der Waals surface area contributed by atoms with Crippen molar-refractivity contribution in [3.63, 3.8) is 0 Å². The van der Waals surface area contributed by atoms with E-state index in [1.54, 1.807) is 43.3 Å². The molecule has 2 aromatic carbocycles. The third-order valence-electron chi connectivity index (χ3n) is 3.61. The van der Waals surface area contributed by atoms with Crippen LogP contribution in [0.1, 0.15) is 19.4 Å². The fourth-order valence-corrected chi connectivity index (χ4v) is 2.97. The van der Waals surface area contributed by atoms with Gasteiger partial charge in [-0.2, -0.15) is 5.26 Å². The number of hydrogen-bond donors (Lipinski definition) is 1. The van der Waals surface area contributed by atoms with Crippen molar-refractivity contribution >= 4 is 39.6 Å². The Hall–Kier alpha value is -3.31. The summed E-state index contributed by atoms with van der Waals surface area (Å²) < 4.78 is 16.4. The van der Waals surface area contributed by atoms with Gasteiger partial charge in [0.15, 0.2) is 11.5 Å². The summed E-state index contributed by atoms with van der Waals surface area (Å²) in [5, 5.41) is 12.1. The normalized spacial score (nSPS) is 10.7. The Morgan fingerprint density at radius 1 is 1.24 bits per heavy atom. The number of carbonyl (C=O) groups excluding carboxylic acids is 2. The maximum absolute atomic E-state index is 12.6. The number of nitriles is 1. The van der Waals surface area contributed by atoms with Crippen LogP contribution < -0.4 is 19.5 Å². The molecule has 0 spiro atoms. The van der Waals surface area contributed by atoms with Crippen molar-refractivity contribution in [1.82, 2.24) is 0 Å². The maximum Gasteiger partial charge on any atom is 0.308 e. The molecule has 0 aliphatic heterocycles. The summed E-state index contributed by atoms with van der Waals surface area (Å²) >= 11 is 3.33. The molecule has 150 valence electrons. The molecule has 0 aliphatic carbocycles. The number of nitrogens with one attached hydrogen (secondary N) is 1. The molecule has 0 saturated heterocycles. The number of nitrogens with zero attached hydrogens (tertiary/aromatic N) is 1. The minimum atomic E-state index is -0.588. The predicted molar refractivity (Wildman–Crippen MR) is 112 cm³/mol. The van der Waals surface area contributed by atoms with Crippen molar-refractivity contribution in [3.8, 4) is 23.3 Å². The Morgan fingerprint density at radius 2 is 1.97 bits per heavy atom. The molecule has 1 N–H and O–H groups in total. The van der Waals surface area contributed by atoms with E-state index in [-0.39, 0.29) is 11.3 Å². The smallest absolute Gasteiger partial charge is 0.308 e. The molecule has 0 heterocycles. The molecule has 0 bridgehead atoms. The van der Waals surface area contributed by atoms with E-state index in [0.717, 1.165) is 0 Å². The summed E-state index contributed by atoms with van der Waals surface area (Å²) in [5.41, 5.74) is 0.844. The van der Waals surface area contributed by atoms with Gasteiger partial charge in [-0.15, -0.1) is 0 Å². The van der Waals surface area contributed by atoms with Crippen molar-refractivity contribution in [2.45, 2.75) is 13.8 Å². The summed E-state index contributed by atoms with van der Waals surface area (Å²) in [6, 6.07) is 12.0. The fraction of sp³-hybridized carbons (Fsp3) is 0.190. The van der Waals surface area contributed by atoms with Crippen molar-refractivity contribution < 1.29 is 23.8 Å². The minimum absolute atomic E-state index is 0.120. The van der Waals surface area contributed by atoms with Crippen LogP contribution in [-0.4, -0.2) is 25.6 Å². The highest BCUT2D eigenvalue weighted by atomic mass is 79.9. The first-order valence-electron chi connectivity index (χ1n) is 8.60. The van der Waals surface area contributed by atoms with Crippen LogP contribution in [0.5, 0.6) is 17.2 Å². The van der Waals surface area contributed by atoms with Gasteiger partial charge in [-0.25, -0.2) is 0 Å². The number of esters is 1. The summed E-state index contributed by atoms with van der Waals surface area (Å²) in [6.45, 7) is 3.41. The Bertz CT molecular complexity index is 995. The van der Waals surface area contributed by atoms with Crippen molar-refractivity contribution in [2.24, 2.45) is 0 Å². The molecule has 0 unspecified atom stereocenters. The van der Waals surface area contributed by atoms with E-state index in [2.05, 4.69) is 21.2 Å². The lowest BCUT2D eigenvalue weighted by molar-refractivity contribution is -0.132. The SMILES string of the molecule is CCOc1cc(/C=C(\C#N)C(=O)Nc2ccccc2OC)cc(Br)c1OC(C)=O. The summed E-state index contributed by atoms with van der Waals surface area (Å²) in [6.07, 6.45) is 1.41. The monoisotopic (exact) mass is 458 g/mol. The summed E-state index contributed by atoms with van der Waals surface area (Å²) in [4.78, 5) is 23.9. The zero-order valence-corrected chi connectivity index (χ0v) is 17.7. The zero-order chi connectivity index (χ0) is 21.4. The molecule has 0 aliphatic rings. The number of halogens is 1. The molecule has 7 nitrogen and oxygen atoms in total. The molecule has 0 aromatic heterocycles. The van der Waals surface area contributed by atoms with E-state index in [4.69, 9.17) is 14.2 Å². The Labute approximate surface area is 177 Å². The van der Waals surface area contributed by atoms with Crippen LogP contribution in [0.3, 0.4) is 0 Å². The average molecular weight is 459 g/mol. The van der Waals surface area contributed by atoms with Crippen LogP contribution in [0.4, 0.5) is 5.69 Å². The van der Waals surface area contributed by atoms with Gasteiger partial charge in [0.2, 0.25) is 0 Å². The molecule has 0 fully saturated rings. The van der Waals surface area contributed by atoms with Crippen LogP contribution in [0.25, 0.3) is 6.08 Å². The molecule has 0 saturated carbocycles. The first-order valence-corrected chi connectivity index (χ1v) is 9.39. The topological polar surface area (TPSA) is 97.7 Å². The molecule has 2 aromatic rings. The lowest BCUT2D eigenvalue weighted by atomic mass is 10.1. The molecule has 29 heavy (non-hydrogen) atoms. The first-order chi connectivity index (χ1) is 13.9. The number of hydrogen-bond acceptors (Lipinski definition) is 6. The predicted octanol–water partition coefficient (Wildman–Crippen LogP) is 4.33. The van der Waals surface area contributed by atoms with Crippen molar-refractivity contribution in [1.29, 1.82) is 5.26 Å². The molecule has 0 atom stereocenters. The third-order valence-corrected chi connectivity index (χ3v) is 4.20. The number of anilines is 1. The van der Waals surface area contributed by atoms with Crippen molar-refractivity contribution in [2.75, 3.05) is 19.0 Å². The average Bonchev–Trinajstić information content (AvgIpc) is 2.69. The third kappa shape index (κ3) is 5.83. The molecular formula is C21H19BrN2O5. The van der Waals surface area contributed by atoms with Crippen LogP contribution in [-0.2, 0) is 9.59 Å². The lowest BCUT2D eigenvalue weighted by Crippen LogP contribution is -2.14. The lowest BCUT2D eigenvalue weighted by Gasteiger charge is -2.13. The van der Waals surface area contributed by atoms with Gasteiger partial charge >= 0.3 is 5.97 Å². The van der Waals surface area contributed by atoms with Gasteiger partial charge in [0, 0.05) is 6.92 Å². The molecule has 1 amide bonds. The van der Waals surface area contributed by atoms with Crippen LogP contribution >= 0.6 is 15.9 Å². The summed E-state index contributed by atoms with van der Waals surface area (Å²) in [5.74, 6) is -0.0662. The molecule has 2 rings (SSSR count). The highest BCUT2D eigenvalue weighted by Gasteiger charge is 2.16. The number of ether oxygens (including phenoxy) is 3. The second kappa shape index (κ2) is 10.3. The first kappa shape index (κ1) is 22.0. The highest BCUT2D eigenvalue weighted by molar-refractivity contribution is 9.10. The Morgan fingerprint density at radius 3 is 2.59 bits per heavy atom. The van der Waals surface area contributed by atoms with E-state index in [0.29, 0.717) is 33.8 Å². The van der Waals surface area contributed by atoms with E-state index in [1.807, 2.05) is 6.07 Å². The van der Waals surface area contributed by atoms with E-state index in [1.165, 1.54) is 20.1 Å². The molecule has 0 radical (unpaired) electrons. The standard InChI is InChI=1S/C21H19BrN2O5/c1-4-28-19-11-14(10-16(22)20(19)29-13(2)25)9-15(12-23)21(26)24-17-7-5-6-8-18(17)27-3/h5-11H,4H2,1-3H3,(H,24,26)/b15-9+. The van der Waals surface area contributed by atoms with Gasteiger partial charge in [-0.1, -0.05) is 12.1 Å². The van der Waals surface area contributed by atoms with Crippen LogP contribution in [0.15, 0.2) is 46.4 Å². The van der Waals surface area contributed by atoms with E-state index < -0.39 is 11.9 Å². The van der Waals surface area contributed by atoms with Gasteiger partial charge in [-0.3, -0.25) is 9.59 Å². The largest absolute Gasteiger partial charge is 0.495 e. The van der Waals surface area contributed by atoms with Gasteiger partial charge < -0.3 is 19.5 Å². The fourth-order valence-electron chi connectivity index (χ4n) is 2.43. The number of amides is 1. The van der Waals surface area contributed by atoms with Crippen LogP contribution in [0.2, 0.25) is 0 Å². The molecule has 8 heteroatoms. The number of benzene rings is 2. The molecular weight excluding hydrogens is 440 g/mol. The zero-order valence-electron chi connectivity index (χ0n) is 16.1. The summed E-state index contributed by atoms with van der Waals surface area (Å²) in [7, 11) is 1.49. The van der Waals surface area contributed by atoms with Gasteiger partial charge in [0.05, 0.1) is 23.9 Å². The van der Waals surface area contributed by atoms with E-state index in [9.17, 15) is 14.9 Å². The van der Waals surface area contributed by atoms with Crippen LogP contribution in [0, 0.1) is 11.3 Å². The second-order valence-corrected chi connectivity index (χ2v) is 6.54. The number of rotatable bonds is 7. The highest BCUT2D eigenvalue weighted by Crippen LogP contribution is 2.37. The quantitative estimate of drug-likeness (QED) is 0.287. The van der Waals surface area contributed by atoms with Gasteiger partial charge in [0.1, 0.15) is 17.4 Å². The van der Waals surface area contributed by atoms with Gasteiger partial charge in [0.25, 0.3) is 5.91 Å². The number of methoxy groups -OCH3 is 1. The second-order valence-electron chi connectivity index (χ2n) is 5.68.